The molecule has 0 bridgehead atoms. The lowest BCUT2D eigenvalue weighted by Gasteiger charge is -2.08. The summed E-state index contributed by atoms with van der Waals surface area (Å²) in [5, 5.41) is 2.63. The number of benzene rings is 3. The molecule has 0 N–H and O–H groups in total. The highest BCUT2D eigenvalue weighted by Gasteiger charge is 2.22. The maximum atomic E-state index is 11.5. The SMILES string of the molecule is CC(I)C(=O)OCOc1ccc(-[s+]2c3ccccc3c3ccccc32)cc1. The van der Waals surface area contributed by atoms with Crippen molar-refractivity contribution in [1.82, 2.24) is 0 Å². The monoisotopic (exact) mass is 489 g/mol. The molecule has 0 fully saturated rings. The van der Waals surface area contributed by atoms with Gasteiger partial charge in [0.15, 0.2) is 14.3 Å². The normalized spacial score (nSPS) is 12.2. The van der Waals surface area contributed by atoms with Gasteiger partial charge in [-0.1, -0.05) is 46.9 Å². The fourth-order valence-electron chi connectivity index (χ4n) is 3.05. The van der Waals surface area contributed by atoms with Crippen LogP contribution in [0, 0.1) is 0 Å². The van der Waals surface area contributed by atoms with E-state index in [4.69, 9.17) is 9.47 Å². The van der Waals surface area contributed by atoms with Crippen molar-refractivity contribution in [2.75, 3.05) is 6.79 Å². The molecule has 3 aromatic carbocycles. The van der Waals surface area contributed by atoms with E-state index in [1.54, 1.807) is 6.92 Å². The molecule has 0 saturated heterocycles. The number of hydrogen-bond acceptors (Lipinski definition) is 3. The molecule has 0 aliphatic rings. The first-order chi connectivity index (χ1) is 13.1. The van der Waals surface area contributed by atoms with Crippen molar-refractivity contribution >= 4 is 59.2 Å². The number of alkyl halides is 1. The highest BCUT2D eigenvalue weighted by Crippen LogP contribution is 2.48. The molecule has 0 amide bonds. The molecule has 0 radical (unpaired) electrons. The predicted octanol–water partition coefficient (Wildman–Crippen LogP) is 6.43. The molecule has 3 nitrogen and oxygen atoms in total. The Hall–Kier alpha value is -2.12. The smallest absolute Gasteiger partial charge is 0.321 e. The Balaban J connectivity index is 1.63. The lowest BCUT2D eigenvalue weighted by Crippen LogP contribution is -2.17. The minimum atomic E-state index is -0.270. The molecule has 4 rings (SSSR count). The van der Waals surface area contributed by atoms with Gasteiger partial charge in [-0.3, -0.25) is 4.79 Å². The Morgan fingerprint density at radius 1 is 0.926 bits per heavy atom. The number of hydrogen-bond donors (Lipinski definition) is 0. The number of halogens is 1. The van der Waals surface area contributed by atoms with Gasteiger partial charge < -0.3 is 9.47 Å². The van der Waals surface area contributed by atoms with E-state index >= 15 is 0 Å². The van der Waals surface area contributed by atoms with Gasteiger partial charge >= 0.3 is 5.97 Å². The molecule has 136 valence electrons. The van der Waals surface area contributed by atoms with E-state index in [0.29, 0.717) is 5.75 Å². The van der Waals surface area contributed by atoms with Crippen molar-refractivity contribution in [2.45, 2.75) is 10.8 Å². The average molecular weight is 489 g/mol. The third-order valence-corrected chi connectivity index (χ3v) is 7.16. The topological polar surface area (TPSA) is 35.5 Å². The first kappa shape index (κ1) is 18.3. The lowest BCUT2D eigenvalue weighted by atomic mass is 10.2. The maximum Gasteiger partial charge on any atom is 0.321 e. The summed E-state index contributed by atoms with van der Waals surface area (Å²) in [5.74, 6) is 0.421. The van der Waals surface area contributed by atoms with Crippen molar-refractivity contribution in [3.63, 3.8) is 0 Å². The van der Waals surface area contributed by atoms with E-state index in [0.717, 1.165) is 0 Å². The van der Waals surface area contributed by atoms with Gasteiger partial charge in [0, 0.05) is 33.4 Å². The van der Waals surface area contributed by atoms with Gasteiger partial charge in [0.1, 0.15) is 9.67 Å². The average Bonchev–Trinajstić information content (AvgIpc) is 3.03. The van der Waals surface area contributed by atoms with Gasteiger partial charge in [-0.25, -0.2) is 0 Å². The lowest BCUT2D eigenvalue weighted by molar-refractivity contribution is -0.148. The molecule has 0 spiro atoms. The van der Waals surface area contributed by atoms with Gasteiger partial charge in [-0.15, -0.1) is 0 Å². The highest BCUT2D eigenvalue weighted by atomic mass is 127. The second kappa shape index (κ2) is 7.86. The van der Waals surface area contributed by atoms with Crippen molar-refractivity contribution in [3.05, 3.63) is 72.8 Å². The van der Waals surface area contributed by atoms with Crippen LogP contribution in [0.3, 0.4) is 0 Å². The molecule has 0 aliphatic carbocycles. The number of thiophene rings is 1. The van der Waals surface area contributed by atoms with Crippen LogP contribution in [0.5, 0.6) is 5.75 Å². The molecule has 0 aliphatic heterocycles. The minimum absolute atomic E-state index is 0.0666. The Morgan fingerprint density at radius 2 is 1.48 bits per heavy atom. The third kappa shape index (κ3) is 3.66. The summed E-state index contributed by atoms with van der Waals surface area (Å²) < 4.78 is 13.1. The number of ether oxygens (including phenoxy) is 2. The second-order valence-corrected chi connectivity index (χ2v) is 9.94. The van der Waals surface area contributed by atoms with E-state index in [1.165, 1.54) is 25.1 Å². The van der Waals surface area contributed by atoms with Gasteiger partial charge in [0.2, 0.25) is 6.79 Å². The predicted molar refractivity (Wildman–Crippen MR) is 120 cm³/mol. The first-order valence-corrected chi connectivity index (χ1v) is 11.1. The van der Waals surface area contributed by atoms with Crippen molar-refractivity contribution < 1.29 is 14.3 Å². The fraction of sp³-hybridized carbons (Fsp3) is 0.136. The van der Waals surface area contributed by atoms with Gasteiger partial charge in [0.05, 0.1) is 0 Å². The van der Waals surface area contributed by atoms with Crippen molar-refractivity contribution in [3.8, 4) is 10.6 Å². The number of rotatable bonds is 5. The summed E-state index contributed by atoms with van der Waals surface area (Å²) in [7, 11) is -0.110. The number of carbonyl (C=O) groups excluding carboxylic acids is 1. The van der Waals surface area contributed by atoms with Crippen LogP contribution in [0.2, 0.25) is 0 Å². The largest absolute Gasteiger partial charge is 0.457 e. The molecule has 1 unspecified atom stereocenters. The van der Waals surface area contributed by atoms with Crippen molar-refractivity contribution in [2.24, 2.45) is 0 Å². The van der Waals surface area contributed by atoms with Gasteiger partial charge in [-0.05, 0) is 43.3 Å². The second-order valence-electron chi connectivity index (χ2n) is 6.11. The quantitative estimate of drug-likeness (QED) is 0.107. The molecule has 27 heavy (non-hydrogen) atoms. The third-order valence-electron chi connectivity index (χ3n) is 4.32. The van der Waals surface area contributed by atoms with Crippen LogP contribution in [-0.2, 0) is 9.53 Å². The van der Waals surface area contributed by atoms with E-state index < -0.39 is 0 Å². The standard InChI is InChI=1S/C22H18IO3S/c1-15(23)22(24)26-14-25-16-10-12-17(13-11-16)27-20-8-4-2-6-18(20)19-7-3-5-9-21(19)27/h2-13,15H,14H2,1H3/q+1. The van der Waals surface area contributed by atoms with Crippen LogP contribution in [0.4, 0.5) is 0 Å². The number of fused-ring (bicyclic) bond motifs is 3. The summed E-state index contributed by atoms with van der Waals surface area (Å²) in [4.78, 5) is 12.7. The zero-order valence-electron chi connectivity index (χ0n) is 14.7. The highest BCUT2D eigenvalue weighted by molar-refractivity contribution is 14.1. The zero-order valence-corrected chi connectivity index (χ0v) is 17.7. The maximum absolute atomic E-state index is 11.5. The number of carbonyl (C=O) groups is 1. The summed E-state index contributed by atoms with van der Waals surface area (Å²) in [6.07, 6.45) is 0. The van der Waals surface area contributed by atoms with E-state index in [1.807, 2.05) is 34.7 Å². The molecule has 4 aromatic rings. The Bertz CT molecular complexity index is 1050. The van der Waals surface area contributed by atoms with E-state index in [2.05, 4.69) is 60.7 Å². The van der Waals surface area contributed by atoms with Crippen LogP contribution in [0.1, 0.15) is 6.92 Å². The van der Waals surface area contributed by atoms with E-state index in [9.17, 15) is 4.79 Å². The van der Waals surface area contributed by atoms with Crippen LogP contribution in [0.15, 0.2) is 72.8 Å². The molecule has 1 aromatic heterocycles. The Labute approximate surface area is 174 Å². The van der Waals surface area contributed by atoms with Crippen molar-refractivity contribution in [1.29, 1.82) is 0 Å². The van der Waals surface area contributed by atoms with Gasteiger partial charge in [-0.2, -0.15) is 0 Å². The first-order valence-electron chi connectivity index (χ1n) is 8.61. The van der Waals surface area contributed by atoms with Crippen LogP contribution in [-0.4, -0.2) is 16.7 Å². The zero-order chi connectivity index (χ0) is 18.8. The molecule has 0 saturated carbocycles. The number of esters is 1. The van der Waals surface area contributed by atoms with Crippen LogP contribution >= 0.6 is 33.1 Å². The minimum Gasteiger partial charge on any atom is -0.457 e. The van der Waals surface area contributed by atoms with Gasteiger partial charge in [0.25, 0.3) is 0 Å². The molecular formula is C22H18IO3S+. The molecule has 1 atom stereocenters. The summed E-state index contributed by atoms with van der Waals surface area (Å²) in [5.41, 5.74) is 0. The molecule has 1 heterocycles. The molecular weight excluding hydrogens is 471 g/mol. The summed E-state index contributed by atoms with van der Waals surface area (Å²) >= 11 is 2.02. The Morgan fingerprint density at radius 3 is 2.04 bits per heavy atom. The summed E-state index contributed by atoms with van der Waals surface area (Å²) in [6, 6.07) is 25.3. The summed E-state index contributed by atoms with van der Waals surface area (Å²) in [6.45, 7) is 1.72. The van der Waals surface area contributed by atoms with E-state index in [-0.39, 0.29) is 27.2 Å². The van der Waals surface area contributed by atoms with Crippen LogP contribution in [0.25, 0.3) is 25.1 Å². The Kier molecular flexibility index (Phi) is 5.31. The van der Waals surface area contributed by atoms with Crippen LogP contribution < -0.4 is 4.74 Å². The molecule has 5 heteroatoms. The fourth-order valence-corrected chi connectivity index (χ4v) is 5.61.